The molecule has 1 aliphatic rings. The van der Waals surface area contributed by atoms with Crippen molar-refractivity contribution in [2.45, 2.75) is 13.0 Å². The van der Waals surface area contributed by atoms with Crippen molar-refractivity contribution in [1.29, 1.82) is 0 Å². The van der Waals surface area contributed by atoms with Crippen LogP contribution in [0.15, 0.2) is 18.2 Å². The van der Waals surface area contributed by atoms with Crippen molar-refractivity contribution in [1.82, 2.24) is 4.90 Å². The predicted molar refractivity (Wildman–Crippen MR) is 79.5 cm³/mol. The second-order valence-corrected chi connectivity index (χ2v) is 5.13. The smallest absolute Gasteiger partial charge is 0.119 e. The van der Waals surface area contributed by atoms with Crippen molar-refractivity contribution < 1.29 is 14.6 Å². The summed E-state index contributed by atoms with van der Waals surface area (Å²) in [5, 5.41) is 13.4. The van der Waals surface area contributed by atoms with E-state index in [2.05, 4.69) is 10.2 Å². The number of anilines is 1. The highest BCUT2D eigenvalue weighted by Crippen LogP contribution is 2.20. The first-order valence-corrected chi connectivity index (χ1v) is 7.05. The van der Waals surface area contributed by atoms with Gasteiger partial charge >= 0.3 is 0 Å². The van der Waals surface area contributed by atoms with Crippen LogP contribution < -0.4 is 10.1 Å². The second kappa shape index (κ2) is 7.47. The van der Waals surface area contributed by atoms with Crippen LogP contribution in [0.1, 0.15) is 5.56 Å². The van der Waals surface area contributed by atoms with Gasteiger partial charge in [-0.15, -0.1) is 0 Å². The number of aliphatic hydroxyl groups excluding tert-OH is 1. The average Bonchev–Trinajstić information content (AvgIpc) is 2.47. The Hall–Kier alpha value is -1.30. The van der Waals surface area contributed by atoms with Crippen molar-refractivity contribution in [3.8, 4) is 5.75 Å². The Morgan fingerprint density at radius 1 is 1.40 bits per heavy atom. The van der Waals surface area contributed by atoms with Gasteiger partial charge in [0.1, 0.15) is 5.75 Å². The standard InChI is InChI=1S/C15H24N2O3/c1-12-9-14(19-2)3-4-15(12)16-10-13(18)11-17-5-7-20-8-6-17/h3-4,9,13,16,18H,5-8,10-11H2,1-2H3. The van der Waals surface area contributed by atoms with Crippen molar-refractivity contribution in [2.24, 2.45) is 0 Å². The van der Waals surface area contributed by atoms with E-state index >= 15 is 0 Å². The lowest BCUT2D eigenvalue weighted by molar-refractivity contribution is 0.0171. The number of rotatable bonds is 6. The number of morpholine rings is 1. The number of aryl methyl sites for hydroxylation is 1. The van der Waals surface area contributed by atoms with Crippen molar-refractivity contribution in [3.63, 3.8) is 0 Å². The van der Waals surface area contributed by atoms with Gasteiger partial charge in [0.2, 0.25) is 0 Å². The summed E-state index contributed by atoms with van der Waals surface area (Å²) in [7, 11) is 1.66. The number of benzene rings is 1. The fourth-order valence-corrected chi connectivity index (χ4v) is 2.34. The SMILES string of the molecule is COc1ccc(NCC(O)CN2CCOCC2)c(C)c1. The van der Waals surface area contributed by atoms with Crippen LogP contribution in [0.5, 0.6) is 5.75 Å². The maximum atomic E-state index is 10.1. The lowest BCUT2D eigenvalue weighted by Gasteiger charge is -2.28. The summed E-state index contributed by atoms with van der Waals surface area (Å²) in [4.78, 5) is 2.23. The molecule has 1 fully saturated rings. The maximum Gasteiger partial charge on any atom is 0.119 e. The van der Waals surface area contributed by atoms with Gasteiger partial charge in [0.15, 0.2) is 0 Å². The van der Waals surface area contributed by atoms with Crippen LogP contribution in [0.3, 0.4) is 0 Å². The summed E-state index contributed by atoms with van der Waals surface area (Å²) >= 11 is 0. The van der Waals surface area contributed by atoms with E-state index in [0.29, 0.717) is 13.1 Å². The van der Waals surface area contributed by atoms with Gasteiger partial charge in [-0.1, -0.05) is 0 Å². The molecule has 5 nitrogen and oxygen atoms in total. The molecule has 0 aliphatic carbocycles. The van der Waals surface area contributed by atoms with E-state index in [1.54, 1.807) is 7.11 Å². The third kappa shape index (κ3) is 4.37. The summed E-state index contributed by atoms with van der Waals surface area (Å²) in [5.41, 5.74) is 2.15. The molecule has 1 aromatic rings. The van der Waals surface area contributed by atoms with Gasteiger partial charge in [0, 0.05) is 31.9 Å². The Kier molecular flexibility index (Phi) is 5.64. The van der Waals surface area contributed by atoms with Gasteiger partial charge in [0.25, 0.3) is 0 Å². The molecule has 20 heavy (non-hydrogen) atoms. The zero-order chi connectivity index (χ0) is 14.4. The van der Waals surface area contributed by atoms with Crippen LogP contribution in [-0.2, 0) is 4.74 Å². The van der Waals surface area contributed by atoms with E-state index in [4.69, 9.17) is 9.47 Å². The van der Waals surface area contributed by atoms with Crippen LogP contribution in [0.4, 0.5) is 5.69 Å². The molecule has 1 aliphatic heterocycles. The molecule has 1 atom stereocenters. The maximum absolute atomic E-state index is 10.1. The molecule has 0 aromatic heterocycles. The third-order valence-corrected chi connectivity index (χ3v) is 3.53. The summed E-state index contributed by atoms with van der Waals surface area (Å²) in [5.74, 6) is 0.849. The fraction of sp³-hybridized carbons (Fsp3) is 0.600. The van der Waals surface area contributed by atoms with E-state index in [1.807, 2.05) is 25.1 Å². The largest absolute Gasteiger partial charge is 0.497 e. The number of nitrogens with zero attached hydrogens (tertiary/aromatic N) is 1. The predicted octanol–water partition coefficient (Wildman–Crippen LogP) is 1.11. The molecule has 0 spiro atoms. The topological polar surface area (TPSA) is 54.0 Å². The lowest BCUT2D eigenvalue weighted by atomic mass is 10.2. The van der Waals surface area contributed by atoms with Gasteiger partial charge in [-0.25, -0.2) is 0 Å². The van der Waals surface area contributed by atoms with E-state index < -0.39 is 0 Å². The first-order chi connectivity index (χ1) is 9.69. The normalized spacial score (nSPS) is 17.8. The summed E-state index contributed by atoms with van der Waals surface area (Å²) in [6.45, 7) is 6.59. The Balaban J connectivity index is 1.79. The summed E-state index contributed by atoms with van der Waals surface area (Å²) in [6, 6.07) is 5.88. The molecule has 1 heterocycles. The Morgan fingerprint density at radius 3 is 2.80 bits per heavy atom. The van der Waals surface area contributed by atoms with E-state index in [9.17, 15) is 5.11 Å². The molecule has 0 radical (unpaired) electrons. The molecule has 2 rings (SSSR count). The quantitative estimate of drug-likeness (QED) is 0.817. The number of β-amino-alcohol motifs (C(OH)–C–C–N with tert-alkyl or cyclic N) is 1. The molecule has 0 saturated carbocycles. The molecular formula is C15H24N2O3. The number of hydrogen-bond donors (Lipinski definition) is 2. The first-order valence-electron chi connectivity index (χ1n) is 7.05. The molecule has 1 aromatic carbocycles. The van der Waals surface area contributed by atoms with Crippen LogP contribution in [0.25, 0.3) is 0 Å². The van der Waals surface area contributed by atoms with Gasteiger partial charge in [-0.3, -0.25) is 4.90 Å². The van der Waals surface area contributed by atoms with Crippen molar-refractivity contribution >= 4 is 5.69 Å². The van der Waals surface area contributed by atoms with E-state index in [1.165, 1.54) is 0 Å². The Morgan fingerprint density at radius 2 is 2.15 bits per heavy atom. The zero-order valence-corrected chi connectivity index (χ0v) is 12.3. The lowest BCUT2D eigenvalue weighted by Crippen LogP contribution is -2.42. The van der Waals surface area contributed by atoms with Gasteiger partial charge < -0.3 is 19.9 Å². The Bertz CT molecular complexity index is 420. The molecular weight excluding hydrogens is 256 g/mol. The number of nitrogens with one attached hydrogen (secondary N) is 1. The first kappa shape index (κ1) is 15.1. The number of aliphatic hydroxyl groups is 1. The molecule has 1 unspecified atom stereocenters. The summed E-state index contributed by atoms with van der Waals surface area (Å²) in [6.07, 6.45) is -0.380. The fourth-order valence-electron chi connectivity index (χ4n) is 2.34. The minimum Gasteiger partial charge on any atom is -0.497 e. The van der Waals surface area contributed by atoms with Crippen LogP contribution in [0, 0.1) is 6.92 Å². The van der Waals surface area contributed by atoms with E-state index in [-0.39, 0.29) is 6.10 Å². The third-order valence-electron chi connectivity index (χ3n) is 3.53. The molecule has 0 amide bonds. The highest BCUT2D eigenvalue weighted by Gasteiger charge is 2.14. The zero-order valence-electron chi connectivity index (χ0n) is 12.3. The van der Waals surface area contributed by atoms with Crippen LogP contribution in [-0.4, -0.2) is 62.6 Å². The monoisotopic (exact) mass is 280 g/mol. The summed E-state index contributed by atoms with van der Waals surface area (Å²) < 4.78 is 10.5. The number of methoxy groups -OCH3 is 1. The number of ether oxygens (including phenoxy) is 2. The van der Waals surface area contributed by atoms with Crippen molar-refractivity contribution in [3.05, 3.63) is 23.8 Å². The highest BCUT2D eigenvalue weighted by molar-refractivity contribution is 5.53. The highest BCUT2D eigenvalue weighted by atomic mass is 16.5. The second-order valence-electron chi connectivity index (χ2n) is 5.13. The minimum atomic E-state index is -0.380. The minimum absolute atomic E-state index is 0.380. The van der Waals surface area contributed by atoms with Gasteiger partial charge in [-0.2, -0.15) is 0 Å². The molecule has 0 bridgehead atoms. The molecule has 112 valence electrons. The van der Waals surface area contributed by atoms with Crippen LogP contribution >= 0.6 is 0 Å². The Labute approximate surface area is 120 Å². The molecule has 1 saturated heterocycles. The number of hydrogen-bond acceptors (Lipinski definition) is 5. The molecule has 2 N–H and O–H groups in total. The van der Waals surface area contributed by atoms with Crippen molar-refractivity contribution in [2.75, 3.05) is 51.8 Å². The molecule has 5 heteroatoms. The average molecular weight is 280 g/mol. The van der Waals surface area contributed by atoms with E-state index in [0.717, 1.165) is 43.3 Å². The van der Waals surface area contributed by atoms with Gasteiger partial charge in [0.05, 0.1) is 26.4 Å². The van der Waals surface area contributed by atoms with Crippen LogP contribution in [0.2, 0.25) is 0 Å². The van der Waals surface area contributed by atoms with Gasteiger partial charge in [-0.05, 0) is 30.7 Å².